The largest absolute Gasteiger partial charge is 0.354 e. The fourth-order valence-electron chi connectivity index (χ4n) is 1.58. The van der Waals surface area contributed by atoms with Gasteiger partial charge < -0.3 is 5.32 Å². The van der Waals surface area contributed by atoms with Crippen molar-refractivity contribution < 1.29 is 0 Å². The van der Waals surface area contributed by atoms with E-state index in [-0.39, 0.29) is 0 Å². The summed E-state index contributed by atoms with van der Waals surface area (Å²) in [7, 11) is 0. The predicted octanol–water partition coefficient (Wildman–Crippen LogP) is 3.02. The molecular formula is C11H13Cl2N5. The second-order valence-electron chi connectivity index (χ2n) is 3.79. The maximum Gasteiger partial charge on any atom is 0.224 e. The van der Waals surface area contributed by atoms with Crippen molar-refractivity contribution in [2.24, 2.45) is 0 Å². The summed E-state index contributed by atoms with van der Waals surface area (Å²) >= 11 is 12.2. The Bertz CT molecular complexity index is 579. The van der Waals surface area contributed by atoms with Crippen LogP contribution < -0.4 is 5.32 Å². The Morgan fingerprint density at radius 3 is 2.61 bits per heavy atom. The van der Waals surface area contributed by atoms with E-state index in [1.165, 1.54) is 0 Å². The van der Waals surface area contributed by atoms with Crippen molar-refractivity contribution in [1.82, 2.24) is 19.7 Å². The third-order valence-electron chi connectivity index (χ3n) is 2.46. The van der Waals surface area contributed by atoms with Crippen LogP contribution in [0.2, 0.25) is 10.0 Å². The molecule has 0 amide bonds. The molecule has 7 heteroatoms. The molecule has 0 fully saturated rings. The van der Waals surface area contributed by atoms with Gasteiger partial charge in [0, 0.05) is 6.54 Å². The second-order valence-corrected chi connectivity index (χ2v) is 4.58. The Morgan fingerprint density at radius 2 is 2.06 bits per heavy atom. The van der Waals surface area contributed by atoms with Crippen LogP contribution in [0.25, 0.3) is 5.82 Å². The molecule has 2 rings (SSSR count). The molecule has 1 N–H and O–H groups in total. The predicted molar refractivity (Wildman–Crippen MR) is 72.8 cm³/mol. The molecule has 2 heterocycles. The molecule has 0 radical (unpaired) electrons. The Hall–Kier alpha value is -1.33. The molecule has 0 aromatic carbocycles. The SMILES string of the molecule is CCNc1ncc(Cl)c(-n2nc(C)c(Cl)c2C)n1. The van der Waals surface area contributed by atoms with Crippen LogP contribution in [0.15, 0.2) is 6.20 Å². The molecule has 0 atom stereocenters. The summed E-state index contributed by atoms with van der Waals surface area (Å²) in [5.41, 5.74) is 1.55. The van der Waals surface area contributed by atoms with Crippen LogP contribution >= 0.6 is 23.2 Å². The zero-order valence-corrected chi connectivity index (χ0v) is 11.8. The summed E-state index contributed by atoms with van der Waals surface area (Å²) in [6.45, 7) is 6.41. The van der Waals surface area contributed by atoms with Gasteiger partial charge in [0.05, 0.1) is 22.6 Å². The fourth-order valence-corrected chi connectivity index (χ4v) is 1.87. The van der Waals surface area contributed by atoms with Gasteiger partial charge in [0.1, 0.15) is 5.02 Å². The first-order valence-electron chi connectivity index (χ1n) is 5.53. The third kappa shape index (κ3) is 2.28. The van der Waals surface area contributed by atoms with Crippen molar-refractivity contribution in [1.29, 1.82) is 0 Å². The van der Waals surface area contributed by atoms with Gasteiger partial charge >= 0.3 is 0 Å². The molecular weight excluding hydrogens is 273 g/mol. The minimum Gasteiger partial charge on any atom is -0.354 e. The summed E-state index contributed by atoms with van der Waals surface area (Å²) in [6, 6.07) is 0. The van der Waals surface area contributed by atoms with Gasteiger partial charge in [-0.05, 0) is 20.8 Å². The van der Waals surface area contributed by atoms with E-state index >= 15 is 0 Å². The van der Waals surface area contributed by atoms with E-state index in [4.69, 9.17) is 23.2 Å². The molecule has 0 unspecified atom stereocenters. The Kier molecular flexibility index (Phi) is 3.73. The maximum atomic E-state index is 6.12. The van der Waals surface area contributed by atoms with Gasteiger partial charge in [-0.1, -0.05) is 23.2 Å². The summed E-state index contributed by atoms with van der Waals surface area (Å²) in [4.78, 5) is 8.42. The van der Waals surface area contributed by atoms with Crippen molar-refractivity contribution in [3.8, 4) is 5.82 Å². The number of nitrogens with one attached hydrogen (secondary N) is 1. The van der Waals surface area contributed by atoms with Gasteiger partial charge in [-0.3, -0.25) is 0 Å². The van der Waals surface area contributed by atoms with E-state index < -0.39 is 0 Å². The van der Waals surface area contributed by atoms with Gasteiger partial charge in [0.25, 0.3) is 0 Å². The number of halogens is 2. The van der Waals surface area contributed by atoms with Gasteiger partial charge in [0.2, 0.25) is 5.95 Å². The third-order valence-corrected chi connectivity index (χ3v) is 3.28. The van der Waals surface area contributed by atoms with Crippen molar-refractivity contribution in [2.75, 3.05) is 11.9 Å². The highest BCUT2D eigenvalue weighted by molar-refractivity contribution is 6.32. The zero-order valence-electron chi connectivity index (χ0n) is 10.3. The fraction of sp³-hybridized carbons (Fsp3) is 0.364. The number of hydrogen-bond acceptors (Lipinski definition) is 4. The van der Waals surface area contributed by atoms with Crippen molar-refractivity contribution >= 4 is 29.2 Å². The number of aryl methyl sites for hydroxylation is 1. The van der Waals surface area contributed by atoms with E-state index in [9.17, 15) is 0 Å². The van der Waals surface area contributed by atoms with Crippen molar-refractivity contribution in [3.63, 3.8) is 0 Å². The highest BCUT2D eigenvalue weighted by Gasteiger charge is 2.15. The van der Waals surface area contributed by atoms with Crippen LogP contribution in [0, 0.1) is 13.8 Å². The number of nitrogens with zero attached hydrogens (tertiary/aromatic N) is 4. The first-order chi connectivity index (χ1) is 8.54. The van der Waals surface area contributed by atoms with E-state index in [2.05, 4.69) is 20.4 Å². The number of aromatic nitrogens is 4. The lowest BCUT2D eigenvalue weighted by molar-refractivity contribution is 0.801. The van der Waals surface area contributed by atoms with E-state index in [0.29, 0.717) is 21.8 Å². The molecule has 0 saturated carbocycles. The monoisotopic (exact) mass is 285 g/mol. The molecule has 18 heavy (non-hydrogen) atoms. The van der Waals surface area contributed by atoms with Gasteiger partial charge in [-0.25, -0.2) is 9.67 Å². The average Bonchev–Trinajstić information content (AvgIpc) is 2.60. The number of anilines is 1. The number of hydrogen-bond donors (Lipinski definition) is 1. The molecule has 5 nitrogen and oxygen atoms in total. The average molecular weight is 286 g/mol. The Labute approximate surface area is 115 Å². The zero-order chi connectivity index (χ0) is 13.3. The maximum absolute atomic E-state index is 6.12. The van der Waals surface area contributed by atoms with Gasteiger partial charge in [-0.15, -0.1) is 0 Å². The van der Waals surface area contributed by atoms with Crippen molar-refractivity contribution in [2.45, 2.75) is 20.8 Å². The molecule has 0 saturated heterocycles. The van der Waals surface area contributed by atoms with E-state index in [1.54, 1.807) is 10.9 Å². The van der Waals surface area contributed by atoms with Gasteiger partial charge in [-0.2, -0.15) is 10.1 Å². The first-order valence-corrected chi connectivity index (χ1v) is 6.28. The van der Waals surface area contributed by atoms with Crippen LogP contribution in [0.4, 0.5) is 5.95 Å². The lowest BCUT2D eigenvalue weighted by atomic mass is 10.4. The van der Waals surface area contributed by atoms with E-state index in [0.717, 1.165) is 17.9 Å². The summed E-state index contributed by atoms with van der Waals surface area (Å²) in [6.07, 6.45) is 1.55. The smallest absolute Gasteiger partial charge is 0.224 e. The molecule has 0 aliphatic heterocycles. The van der Waals surface area contributed by atoms with Crippen LogP contribution in [0.1, 0.15) is 18.3 Å². The lowest BCUT2D eigenvalue weighted by Gasteiger charge is -2.08. The van der Waals surface area contributed by atoms with E-state index in [1.807, 2.05) is 20.8 Å². The summed E-state index contributed by atoms with van der Waals surface area (Å²) in [5, 5.41) is 8.40. The highest BCUT2D eigenvalue weighted by atomic mass is 35.5. The van der Waals surface area contributed by atoms with Crippen LogP contribution in [-0.4, -0.2) is 26.3 Å². The number of rotatable bonds is 3. The van der Waals surface area contributed by atoms with Crippen LogP contribution in [0.5, 0.6) is 0 Å². The quantitative estimate of drug-likeness (QED) is 0.942. The molecule has 0 aliphatic carbocycles. The standard InChI is InChI=1S/C11H13Cl2N5/c1-4-14-11-15-5-8(12)10(16-11)18-7(3)9(13)6(2)17-18/h5H,4H2,1-3H3,(H,14,15,16). The van der Waals surface area contributed by atoms with Crippen LogP contribution in [-0.2, 0) is 0 Å². The molecule has 0 aliphatic rings. The molecule has 0 spiro atoms. The molecule has 2 aromatic heterocycles. The molecule has 0 bridgehead atoms. The second kappa shape index (κ2) is 5.12. The van der Waals surface area contributed by atoms with Crippen molar-refractivity contribution in [3.05, 3.63) is 27.6 Å². The minimum absolute atomic E-state index is 0.430. The molecule has 96 valence electrons. The minimum atomic E-state index is 0.430. The highest BCUT2D eigenvalue weighted by Crippen LogP contribution is 2.25. The normalized spacial score (nSPS) is 10.7. The Balaban J connectivity index is 2.55. The first kappa shape index (κ1) is 13.1. The lowest BCUT2D eigenvalue weighted by Crippen LogP contribution is -2.08. The summed E-state index contributed by atoms with van der Waals surface area (Å²) in [5.74, 6) is 1.04. The topological polar surface area (TPSA) is 55.6 Å². The Morgan fingerprint density at radius 1 is 1.33 bits per heavy atom. The summed E-state index contributed by atoms with van der Waals surface area (Å²) < 4.78 is 1.63. The van der Waals surface area contributed by atoms with Crippen LogP contribution in [0.3, 0.4) is 0 Å². The molecule has 2 aromatic rings. The van der Waals surface area contributed by atoms with Gasteiger partial charge in [0.15, 0.2) is 5.82 Å².